The molecule has 0 bridgehead atoms. The third-order valence-corrected chi connectivity index (χ3v) is 7.97. The third-order valence-electron chi connectivity index (χ3n) is 5.91. The molecule has 1 N–H and O–H groups in total. The lowest BCUT2D eigenvalue weighted by Gasteiger charge is -2.30. The van der Waals surface area contributed by atoms with Gasteiger partial charge in [-0.15, -0.1) is 0 Å². The summed E-state index contributed by atoms with van der Waals surface area (Å²) in [5.74, 6) is 0.191. The number of sulfonamides is 1. The summed E-state index contributed by atoms with van der Waals surface area (Å²) >= 11 is 5.91. The van der Waals surface area contributed by atoms with Crippen LogP contribution in [0.15, 0.2) is 71.6 Å². The first-order chi connectivity index (χ1) is 16.3. The first-order valence-electron chi connectivity index (χ1n) is 11.1. The van der Waals surface area contributed by atoms with E-state index >= 15 is 0 Å². The Balaban J connectivity index is 1.42. The number of carbonyl (C=O) groups is 1. The summed E-state index contributed by atoms with van der Waals surface area (Å²) < 4.78 is 33.9. The van der Waals surface area contributed by atoms with Crippen LogP contribution in [0, 0.1) is 6.92 Å². The van der Waals surface area contributed by atoms with E-state index < -0.39 is 10.0 Å². The Kier molecular flexibility index (Phi) is 7.14. The minimum Gasteiger partial charge on any atom is -0.484 e. The molecule has 0 aromatic heterocycles. The number of amides is 1. The molecule has 0 radical (unpaired) electrons. The van der Waals surface area contributed by atoms with Crippen molar-refractivity contribution in [3.63, 3.8) is 0 Å². The van der Waals surface area contributed by atoms with Crippen molar-refractivity contribution in [2.24, 2.45) is 0 Å². The van der Waals surface area contributed by atoms with E-state index in [0.29, 0.717) is 22.9 Å². The zero-order chi connectivity index (χ0) is 24.3. The molecule has 3 aromatic rings. The predicted molar refractivity (Wildman–Crippen MR) is 134 cm³/mol. The van der Waals surface area contributed by atoms with Crippen molar-refractivity contribution in [2.75, 3.05) is 17.5 Å². The fourth-order valence-electron chi connectivity index (χ4n) is 4.08. The van der Waals surface area contributed by atoms with Crippen molar-refractivity contribution < 1.29 is 17.9 Å². The van der Waals surface area contributed by atoms with Gasteiger partial charge in [0.2, 0.25) is 0 Å². The highest BCUT2D eigenvalue weighted by Crippen LogP contribution is 2.33. The minimum absolute atomic E-state index is 0.176. The number of rotatable bonds is 7. The van der Waals surface area contributed by atoms with E-state index in [1.54, 1.807) is 31.2 Å². The largest absolute Gasteiger partial charge is 0.484 e. The maximum Gasteiger partial charge on any atom is 0.264 e. The Labute approximate surface area is 205 Å². The van der Waals surface area contributed by atoms with E-state index in [1.165, 1.54) is 10.4 Å². The van der Waals surface area contributed by atoms with Gasteiger partial charge < -0.3 is 10.1 Å². The Hall–Kier alpha value is -3.03. The number of nitrogens with one attached hydrogen (secondary N) is 1. The molecule has 178 valence electrons. The van der Waals surface area contributed by atoms with Crippen LogP contribution in [-0.2, 0) is 21.2 Å². The van der Waals surface area contributed by atoms with Gasteiger partial charge in [-0.2, -0.15) is 0 Å². The second-order valence-electron chi connectivity index (χ2n) is 8.37. The molecule has 0 aliphatic carbocycles. The van der Waals surface area contributed by atoms with Crippen molar-refractivity contribution in [2.45, 2.75) is 37.6 Å². The Morgan fingerprint density at radius 1 is 1.12 bits per heavy atom. The topological polar surface area (TPSA) is 75.7 Å². The number of aryl methyl sites for hydroxylation is 2. The van der Waals surface area contributed by atoms with E-state index in [-0.39, 0.29) is 23.5 Å². The highest BCUT2D eigenvalue weighted by Gasteiger charge is 2.29. The van der Waals surface area contributed by atoms with Crippen LogP contribution >= 0.6 is 11.6 Å². The van der Waals surface area contributed by atoms with Gasteiger partial charge in [-0.05, 0) is 79.8 Å². The fraction of sp³-hybridized carbons (Fsp3) is 0.269. The number of halogens is 1. The standard InChI is InChI=1S/C26H27ClN2O4S/c1-18-16-23(34(31,32)29-15-5-7-21-6-3-4-8-24(21)29)13-14-25(18)33-17-26(30)28-19(2)20-9-11-22(27)12-10-20/h3-4,6,8-14,16,19H,5,7,15,17H2,1-2H3,(H,28,30)/t19-/m0/s1. The van der Waals surface area contributed by atoms with Crippen LogP contribution in [0.1, 0.15) is 36.1 Å². The lowest BCUT2D eigenvalue weighted by Crippen LogP contribution is -2.35. The summed E-state index contributed by atoms with van der Waals surface area (Å²) in [6.45, 7) is 3.92. The molecular weight excluding hydrogens is 472 g/mol. The van der Waals surface area contributed by atoms with E-state index in [1.807, 2.05) is 43.3 Å². The number of carbonyl (C=O) groups excluding carboxylic acids is 1. The van der Waals surface area contributed by atoms with Crippen LogP contribution in [-0.4, -0.2) is 27.5 Å². The summed E-state index contributed by atoms with van der Waals surface area (Å²) in [5, 5.41) is 3.52. The van der Waals surface area contributed by atoms with E-state index in [4.69, 9.17) is 16.3 Å². The summed E-state index contributed by atoms with van der Waals surface area (Å²) in [5.41, 5.74) is 3.35. The maximum atomic E-state index is 13.4. The van der Waals surface area contributed by atoms with Crippen molar-refractivity contribution in [3.05, 3.63) is 88.4 Å². The molecule has 1 amide bonds. The van der Waals surface area contributed by atoms with Gasteiger partial charge >= 0.3 is 0 Å². The highest BCUT2D eigenvalue weighted by atomic mass is 35.5. The van der Waals surface area contributed by atoms with Crippen LogP contribution in [0.4, 0.5) is 5.69 Å². The molecule has 0 unspecified atom stereocenters. The Morgan fingerprint density at radius 3 is 2.59 bits per heavy atom. The van der Waals surface area contributed by atoms with Gasteiger partial charge in [0.1, 0.15) is 5.75 Å². The molecule has 1 atom stereocenters. The summed E-state index contributed by atoms with van der Waals surface area (Å²) in [6.07, 6.45) is 1.65. The number of ether oxygens (including phenoxy) is 1. The minimum atomic E-state index is -3.71. The summed E-state index contributed by atoms with van der Waals surface area (Å²) in [4.78, 5) is 12.6. The average Bonchev–Trinajstić information content (AvgIpc) is 2.83. The quantitative estimate of drug-likeness (QED) is 0.494. The number of hydrogen-bond acceptors (Lipinski definition) is 4. The number of nitrogens with zero attached hydrogens (tertiary/aromatic N) is 1. The van der Waals surface area contributed by atoms with Crippen LogP contribution < -0.4 is 14.4 Å². The van der Waals surface area contributed by atoms with Gasteiger partial charge in [0.15, 0.2) is 6.61 Å². The smallest absolute Gasteiger partial charge is 0.264 e. The molecular formula is C26H27ClN2O4S. The molecule has 4 rings (SSSR count). The van der Waals surface area contributed by atoms with E-state index in [2.05, 4.69) is 5.32 Å². The predicted octanol–water partition coefficient (Wildman–Crippen LogP) is 5.05. The Bertz CT molecular complexity index is 1290. The normalized spacial score (nSPS) is 14.3. The zero-order valence-corrected chi connectivity index (χ0v) is 20.7. The third kappa shape index (κ3) is 5.21. The molecule has 1 aliphatic rings. The van der Waals surface area contributed by atoms with Crippen molar-refractivity contribution in [1.82, 2.24) is 5.32 Å². The molecule has 1 aliphatic heterocycles. The van der Waals surface area contributed by atoms with Gasteiger partial charge in [-0.25, -0.2) is 8.42 Å². The number of para-hydroxylation sites is 1. The molecule has 1 heterocycles. The van der Waals surface area contributed by atoms with Crippen molar-refractivity contribution in [3.8, 4) is 5.75 Å². The van der Waals surface area contributed by atoms with E-state index in [0.717, 1.165) is 29.7 Å². The first-order valence-corrected chi connectivity index (χ1v) is 13.0. The molecule has 0 spiro atoms. The van der Waals surface area contributed by atoms with Crippen LogP contribution in [0.2, 0.25) is 5.02 Å². The molecule has 0 saturated heterocycles. The fourth-order valence-corrected chi connectivity index (χ4v) is 5.83. The number of anilines is 1. The monoisotopic (exact) mass is 498 g/mol. The van der Waals surface area contributed by atoms with Gasteiger partial charge in [0.25, 0.3) is 15.9 Å². The summed E-state index contributed by atoms with van der Waals surface area (Å²) in [7, 11) is -3.71. The van der Waals surface area contributed by atoms with Crippen LogP contribution in [0.25, 0.3) is 0 Å². The Morgan fingerprint density at radius 2 is 1.85 bits per heavy atom. The second-order valence-corrected chi connectivity index (χ2v) is 10.7. The maximum absolute atomic E-state index is 13.4. The number of fused-ring (bicyclic) bond motifs is 1. The zero-order valence-electron chi connectivity index (χ0n) is 19.1. The van der Waals surface area contributed by atoms with E-state index in [9.17, 15) is 13.2 Å². The number of hydrogen-bond donors (Lipinski definition) is 1. The van der Waals surface area contributed by atoms with Crippen LogP contribution in [0.5, 0.6) is 5.75 Å². The summed E-state index contributed by atoms with van der Waals surface area (Å²) in [6, 6.07) is 19.4. The molecule has 6 nitrogen and oxygen atoms in total. The lowest BCUT2D eigenvalue weighted by atomic mass is 10.0. The average molecular weight is 499 g/mol. The number of benzene rings is 3. The lowest BCUT2D eigenvalue weighted by molar-refractivity contribution is -0.123. The van der Waals surface area contributed by atoms with Gasteiger partial charge in [0, 0.05) is 11.6 Å². The molecule has 8 heteroatoms. The van der Waals surface area contributed by atoms with Gasteiger partial charge in [0.05, 0.1) is 16.6 Å². The van der Waals surface area contributed by atoms with Crippen LogP contribution in [0.3, 0.4) is 0 Å². The molecule has 0 saturated carbocycles. The van der Waals surface area contributed by atoms with Crippen molar-refractivity contribution >= 4 is 33.2 Å². The second kappa shape index (κ2) is 10.1. The van der Waals surface area contributed by atoms with Crippen molar-refractivity contribution in [1.29, 1.82) is 0 Å². The molecule has 34 heavy (non-hydrogen) atoms. The first kappa shape index (κ1) is 24.1. The SMILES string of the molecule is Cc1cc(S(=O)(=O)N2CCCc3ccccc32)ccc1OCC(=O)N[C@@H](C)c1ccc(Cl)cc1. The van der Waals surface area contributed by atoms with Gasteiger partial charge in [-0.1, -0.05) is 41.9 Å². The van der Waals surface area contributed by atoms with Gasteiger partial charge in [-0.3, -0.25) is 9.10 Å². The molecule has 3 aromatic carbocycles. The highest BCUT2D eigenvalue weighted by molar-refractivity contribution is 7.92. The molecule has 0 fully saturated rings.